The average molecular weight is 315 g/mol. The van der Waals surface area contributed by atoms with Gasteiger partial charge in [0.05, 0.1) is 7.11 Å². The molecule has 0 amide bonds. The Bertz CT molecular complexity index is 527. The molecule has 0 aliphatic carbocycles. The fourth-order valence-corrected chi connectivity index (χ4v) is 3.03. The quantitative estimate of drug-likeness (QED) is 0.756. The lowest BCUT2D eigenvalue weighted by Gasteiger charge is -1.96. The number of methoxy groups -OCH3 is 1. The molecule has 0 aliphatic rings. The first kappa shape index (κ1) is 9.74. The number of hydrogen-bond donors (Lipinski definition) is 0. The summed E-state index contributed by atoms with van der Waals surface area (Å²) >= 11 is 3.73. The van der Waals surface area contributed by atoms with E-state index >= 15 is 0 Å². The average Bonchev–Trinajstić information content (AvgIpc) is 2.54. The molecule has 1 heterocycles. The monoisotopic (exact) mass is 315 g/mol. The Hall–Kier alpha value is -0.800. The number of nitriles is 1. The van der Waals surface area contributed by atoms with Crippen molar-refractivity contribution in [2.24, 2.45) is 0 Å². The summed E-state index contributed by atoms with van der Waals surface area (Å²) in [7, 11) is 1.60. The van der Waals surface area contributed by atoms with Crippen LogP contribution in [0.5, 0.6) is 5.75 Å². The predicted octanol–water partition coefficient (Wildman–Crippen LogP) is 3.39. The van der Waals surface area contributed by atoms with Gasteiger partial charge in [-0.2, -0.15) is 5.26 Å². The number of halogens is 1. The van der Waals surface area contributed by atoms with Crippen LogP contribution >= 0.6 is 33.9 Å². The van der Waals surface area contributed by atoms with Crippen molar-refractivity contribution in [2.75, 3.05) is 7.11 Å². The smallest absolute Gasteiger partial charge is 0.155 e. The Kier molecular flexibility index (Phi) is 2.61. The third kappa shape index (κ3) is 1.47. The van der Waals surface area contributed by atoms with E-state index in [9.17, 15) is 0 Å². The SMILES string of the molecule is COc1c(C#N)sc2cc(I)ccc12. The summed E-state index contributed by atoms with van der Waals surface area (Å²) < 4.78 is 7.49. The third-order valence-electron chi connectivity index (χ3n) is 1.91. The molecule has 0 saturated carbocycles. The number of benzene rings is 1. The molecule has 2 nitrogen and oxygen atoms in total. The fraction of sp³-hybridized carbons (Fsp3) is 0.100. The normalized spacial score (nSPS) is 10.1. The lowest BCUT2D eigenvalue weighted by molar-refractivity contribution is 0.420. The minimum Gasteiger partial charge on any atom is -0.494 e. The van der Waals surface area contributed by atoms with Crippen molar-refractivity contribution in [2.45, 2.75) is 0 Å². The first-order valence-corrected chi connectivity index (χ1v) is 5.82. The summed E-state index contributed by atoms with van der Waals surface area (Å²) in [6.45, 7) is 0. The molecule has 0 aliphatic heterocycles. The summed E-state index contributed by atoms with van der Waals surface area (Å²) in [6, 6.07) is 8.21. The molecule has 1 aromatic heterocycles. The predicted molar refractivity (Wildman–Crippen MR) is 65.8 cm³/mol. The van der Waals surface area contributed by atoms with Crippen LogP contribution in [0.15, 0.2) is 18.2 Å². The van der Waals surface area contributed by atoms with E-state index in [-0.39, 0.29) is 0 Å². The maximum Gasteiger partial charge on any atom is 0.155 e. The van der Waals surface area contributed by atoms with Crippen molar-refractivity contribution < 1.29 is 4.74 Å². The number of fused-ring (bicyclic) bond motifs is 1. The highest BCUT2D eigenvalue weighted by molar-refractivity contribution is 14.1. The summed E-state index contributed by atoms with van der Waals surface area (Å²) in [5.41, 5.74) is 0. The van der Waals surface area contributed by atoms with Gasteiger partial charge in [0, 0.05) is 13.7 Å². The van der Waals surface area contributed by atoms with Crippen LogP contribution in [-0.4, -0.2) is 7.11 Å². The number of thiophene rings is 1. The maximum absolute atomic E-state index is 8.90. The molecule has 14 heavy (non-hydrogen) atoms. The number of ether oxygens (including phenoxy) is 1. The van der Waals surface area contributed by atoms with E-state index in [4.69, 9.17) is 10.00 Å². The molecule has 0 atom stereocenters. The molecule has 0 unspecified atom stereocenters. The molecule has 0 N–H and O–H groups in total. The Balaban J connectivity index is 2.81. The van der Waals surface area contributed by atoms with Gasteiger partial charge in [-0.25, -0.2) is 0 Å². The van der Waals surface area contributed by atoms with Gasteiger partial charge in [0.25, 0.3) is 0 Å². The molecule has 70 valence electrons. The third-order valence-corrected chi connectivity index (χ3v) is 3.62. The molecule has 2 aromatic rings. The van der Waals surface area contributed by atoms with Crippen LogP contribution < -0.4 is 4.74 Å². The zero-order chi connectivity index (χ0) is 10.1. The van der Waals surface area contributed by atoms with E-state index in [0.29, 0.717) is 10.6 Å². The van der Waals surface area contributed by atoms with E-state index in [2.05, 4.69) is 34.7 Å². The lowest BCUT2D eigenvalue weighted by Crippen LogP contribution is -1.82. The summed E-state index contributed by atoms with van der Waals surface area (Å²) in [5, 5.41) is 9.92. The van der Waals surface area contributed by atoms with Gasteiger partial charge in [0.15, 0.2) is 5.75 Å². The molecule has 0 spiro atoms. The van der Waals surface area contributed by atoms with Crippen LogP contribution in [0.3, 0.4) is 0 Å². The van der Waals surface area contributed by atoms with Gasteiger partial charge in [0.1, 0.15) is 10.9 Å². The number of hydrogen-bond acceptors (Lipinski definition) is 3. The molecule has 0 bridgehead atoms. The Morgan fingerprint density at radius 2 is 2.29 bits per heavy atom. The van der Waals surface area contributed by atoms with Gasteiger partial charge in [-0.05, 0) is 40.8 Å². The summed E-state index contributed by atoms with van der Waals surface area (Å²) in [5.74, 6) is 0.698. The highest BCUT2D eigenvalue weighted by atomic mass is 127. The topological polar surface area (TPSA) is 33.0 Å². The van der Waals surface area contributed by atoms with Crippen molar-refractivity contribution in [3.8, 4) is 11.8 Å². The van der Waals surface area contributed by atoms with Crippen LogP contribution in [0.25, 0.3) is 10.1 Å². The van der Waals surface area contributed by atoms with Crippen molar-refractivity contribution in [3.05, 3.63) is 26.6 Å². The van der Waals surface area contributed by atoms with Crippen molar-refractivity contribution in [3.63, 3.8) is 0 Å². The van der Waals surface area contributed by atoms with Crippen molar-refractivity contribution >= 4 is 44.0 Å². The fourth-order valence-electron chi connectivity index (χ4n) is 1.32. The van der Waals surface area contributed by atoms with Crippen molar-refractivity contribution in [1.82, 2.24) is 0 Å². The van der Waals surface area contributed by atoms with E-state index in [1.807, 2.05) is 12.1 Å². The summed E-state index contributed by atoms with van der Waals surface area (Å²) in [4.78, 5) is 0.643. The largest absolute Gasteiger partial charge is 0.494 e. The first-order valence-electron chi connectivity index (χ1n) is 3.92. The molecule has 4 heteroatoms. The van der Waals surface area contributed by atoms with Gasteiger partial charge in [-0.15, -0.1) is 11.3 Å². The van der Waals surface area contributed by atoms with Crippen molar-refractivity contribution in [1.29, 1.82) is 5.26 Å². The Morgan fingerprint density at radius 1 is 1.50 bits per heavy atom. The van der Waals surface area contributed by atoms with Crippen LogP contribution in [0.4, 0.5) is 0 Å². The molecule has 0 radical (unpaired) electrons. The van der Waals surface area contributed by atoms with E-state index in [0.717, 1.165) is 10.1 Å². The lowest BCUT2D eigenvalue weighted by atomic mass is 10.2. The molecule has 0 saturated heterocycles. The number of nitrogens with zero attached hydrogens (tertiary/aromatic N) is 1. The molecular weight excluding hydrogens is 309 g/mol. The Labute approximate surface area is 99.3 Å². The van der Waals surface area contributed by atoms with Gasteiger partial charge in [0.2, 0.25) is 0 Å². The van der Waals surface area contributed by atoms with Crippen LogP contribution in [0.1, 0.15) is 4.88 Å². The second kappa shape index (κ2) is 3.75. The van der Waals surface area contributed by atoms with E-state index < -0.39 is 0 Å². The van der Waals surface area contributed by atoms with Gasteiger partial charge in [-0.1, -0.05) is 0 Å². The highest BCUT2D eigenvalue weighted by Crippen LogP contribution is 2.37. The van der Waals surface area contributed by atoms with Crippen LogP contribution in [0.2, 0.25) is 0 Å². The number of rotatable bonds is 1. The molecule has 0 fully saturated rings. The first-order chi connectivity index (χ1) is 6.76. The molecule has 2 rings (SSSR count). The van der Waals surface area contributed by atoms with Gasteiger partial charge >= 0.3 is 0 Å². The Morgan fingerprint density at radius 3 is 2.93 bits per heavy atom. The zero-order valence-corrected chi connectivity index (χ0v) is 10.3. The second-order valence-electron chi connectivity index (χ2n) is 2.72. The minimum absolute atomic E-state index is 0.643. The maximum atomic E-state index is 8.90. The molecular formula is C10H6INOS. The highest BCUT2D eigenvalue weighted by Gasteiger charge is 2.11. The van der Waals surface area contributed by atoms with Crippen LogP contribution in [-0.2, 0) is 0 Å². The zero-order valence-electron chi connectivity index (χ0n) is 7.37. The second-order valence-corrected chi connectivity index (χ2v) is 5.01. The summed E-state index contributed by atoms with van der Waals surface area (Å²) in [6.07, 6.45) is 0. The van der Waals surface area contributed by atoms with Gasteiger partial charge < -0.3 is 4.74 Å². The minimum atomic E-state index is 0.643. The van der Waals surface area contributed by atoms with E-state index in [1.165, 1.54) is 14.9 Å². The molecule has 1 aromatic carbocycles. The standard InChI is InChI=1S/C10H6INOS/c1-13-10-7-3-2-6(11)4-8(7)14-9(10)5-12/h2-4H,1H3. The van der Waals surface area contributed by atoms with Gasteiger partial charge in [-0.3, -0.25) is 0 Å². The van der Waals surface area contributed by atoms with E-state index in [1.54, 1.807) is 7.11 Å². The van der Waals surface area contributed by atoms with Crippen LogP contribution in [0, 0.1) is 14.9 Å².